The Labute approximate surface area is 130 Å². The normalized spacial score (nSPS) is 11.1. The number of carbonyl (C=O) groups is 1. The molecule has 118 valence electrons. The third kappa shape index (κ3) is 4.51. The zero-order valence-corrected chi connectivity index (χ0v) is 13.4. The van der Waals surface area contributed by atoms with E-state index in [9.17, 15) is 4.79 Å². The Hall–Kier alpha value is -2.50. The maximum Gasteiger partial charge on any atom is 0.412 e. The van der Waals surface area contributed by atoms with Gasteiger partial charge < -0.3 is 10.1 Å². The van der Waals surface area contributed by atoms with Crippen molar-refractivity contribution in [3.05, 3.63) is 41.7 Å². The van der Waals surface area contributed by atoms with E-state index in [4.69, 9.17) is 4.74 Å². The highest BCUT2D eigenvalue weighted by Crippen LogP contribution is 2.23. The molecule has 6 heteroatoms. The maximum absolute atomic E-state index is 11.9. The fourth-order valence-corrected chi connectivity index (χ4v) is 1.90. The summed E-state index contributed by atoms with van der Waals surface area (Å²) < 4.78 is 5.27. The van der Waals surface area contributed by atoms with Gasteiger partial charge in [0.25, 0.3) is 0 Å². The van der Waals surface area contributed by atoms with Gasteiger partial charge in [-0.05, 0) is 39.8 Å². The average Bonchev–Trinajstić information content (AvgIpc) is 2.81. The molecule has 0 radical (unpaired) electrons. The van der Waals surface area contributed by atoms with Gasteiger partial charge in [0.1, 0.15) is 5.60 Å². The summed E-state index contributed by atoms with van der Waals surface area (Å²) in [6, 6.07) is 7.50. The first kappa shape index (κ1) is 15.9. The molecular formula is C16H22N4O2. The molecule has 1 aromatic carbocycles. The standard InChI is InChI=1S/C16H22N4O2/c1-11-12(10-18-20-11)9-17-13-7-5-6-8-14(13)19-15(21)22-16(2,3)4/h5-8,10,17H,9H2,1-4H3,(H,18,20)(H,19,21). The van der Waals surface area contributed by atoms with Gasteiger partial charge in [-0.25, -0.2) is 4.79 Å². The average molecular weight is 302 g/mol. The highest BCUT2D eigenvalue weighted by Gasteiger charge is 2.17. The lowest BCUT2D eigenvalue weighted by atomic mass is 10.2. The van der Waals surface area contributed by atoms with Crippen molar-refractivity contribution >= 4 is 17.5 Å². The number of para-hydroxylation sites is 2. The largest absolute Gasteiger partial charge is 0.444 e. The first-order valence-corrected chi connectivity index (χ1v) is 7.17. The van der Waals surface area contributed by atoms with Crippen molar-refractivity contribution < 1.29 is 9.53 Å². The number of hydrogen-bond donors (Lipinski definition) is 3. The minimum atomic E-state index is -0.527. The molecule has 0 atom stereocenters. The third-order valence-corrected chi connectivity index (χ3v) is 2.97. The predicted octanol–water partition coefficient (Wildman–Crippen LogP) is 3.68. The van der Waals surface area contributed by atoms with Crippen molar-refractivity contribution in [3.63, 3.8) is 0 Å². The molecule has 0 spiro atoms. The van der Waals surface area contributed by atoms with Gasteiger partial charge in [0.05, 0.1) is 17.6 Å². The zero-order valence-electron chi connectivity index (χ0n) is 13.4. The fourth-order valence-electron chi connectivity index (χ4n) is 1.90. The number of H-pyrrole nitrogens is 1. The molecule has 2 aromatic rings. The molecule has 0 unspecified atom stereocenters. The minimum Gasteiger partial charge on any atom is -0.444 e. The number of ether oxygens (including phenoxy) is 1. The fraction of sp³-hybridized carbons (Fsp3) is 0.375. The van der Waals surface area contributed by atoms with E-state index < -0.39 is 11.7 Å². The summed E-state index contributed by atoms with van der Waals surface area (Å²) in [5, 5.41) is 12.9. The summed E-state index contributed by atoms with van der Waals surface area (Å²) in [7, 11) is 0. The lowest BCUT2D eigenvalue weighted by Gasteiger charge is -2.20. The molecule has 0 aliphatic rings. The summed E-state index contributed by atoms with van der Waals surface area (Å²) in [6.45, 7) is 8.08. The van der Waals surface area contributed by atoms with Gasteiger partial charge in [0, 0.05) is 17.8 Å². The topological polar surface area (TPSA) is 79.0 Å². The van der Waals surface area contributed by atoms with Crippen molar-refractivity contribution in [2.75, 3.05) is 10.6 Å². The van der Waals surface area contributed by atoms with E-state index in [1.54, 1.807) is 6.20 Å². The van der Waals surface area contributed by atoms with E-state index in [0.717, 1.165) is 16.9 Å². The van der Waals surface area contributed by atoms with Crippen molar-refractivity contribution in [2.45, 2.75) is 39.8 Å². The molecule has 2 rings (SSSR count). The van der Waals surface area contributed by atoms with E-state index in [2.05, 4.69) is 20.8 Å². The molecule has 0 fully saturated rings. The van der Waals surface area contributed by atoms with Crippen LogP contribution in [0, 0.1) is 6.92 Å². The molecule has 1 amide bonds. The van der Waals surface area contributed by atoms with Gasteiger partial charge in [0.15, 0.2) is 0 Å². The highest BCUT2D eigenvalue weighted by molar-refractivity contribution is 5.89. The van der Waals surface area contributed by atoms with Crippen molar-refractivity contribution in [1.82, 2.24) is 10.2 Å². The number of anilines is 2. The molecular weight excluding hydrogens is 280 g/mol. The third-order valence-electron chi connectivity index (χ3n) is 2.97. The summed E-state index contributed by atoms with van der Waals surface area (Å²) >= 11 is 0. The lowest BCUT2D eigenvalue weighted by Crippen LogP contribution is -2.27. The van der Waals surface area contributed by atoms with Crippen LogP contribution in [0.3, 0.4) is 0 Å². The van der Waals surface area contributed by atoms with Crippen LogP contribution < -0.4 is 10.6 Å². The zero-order chi connectivity index (χ0) is 16.2. The van der Waals surface area contributed by atoms with E-state index >= 15 is 0 Å². The Kier molecular flexibility index (Phi) is 4.70. The molecule has 0 aliphatic carbocycles. The van der Waals surface area contributed by atoms with Gasteiger partial charge in [-0.3, -0.25) is 10.4 Å². The monoisotopic (exact) mass is 302 g/mol. The molecule has 0 aliphatic heterocycles. The number of nitrogens with one attached hydrogen (secondary N) is 3. The van der Waals surface area contributed by atoms with Gasteiger partial charge in [0.2, 0.25) is 0 Å². The van der Waals surface area contributed by atoms with Crippen LogP contribution in [0.15, 0.2) is 30.5 Å². The van der Waals surface area contributed by atoms with Crippen LogP contribution >= 0.6 is 0 Å². The van der Waals surface area contributed by atoms with Crippen LogP contribution in [0.4, 0.5) is 16.2 Å². The van der Waals surface area contributed by atoms with Crippen LogP contribution in [-0.4, -0.2) is 21.9 Å². The van der Waals surface area contributed by atoms with Crippen LogP contribution in [0.2, 0.25) is 0 Å². The van der Waals surface area contributed by atoms with E-state index in [1.807, 2.05) is 52.0 Å². The molecule has 1 heterocycles. The van der Waals surface area contributed by atoms with E-state index in [0.29, 0.717) is 12.2 Å². The highest BCUT2D eigenvalue weighted by atomic mass is 16.6. The number of rotatable bonds is 4. The minimum absolute atomic E-state index is 0.471. The first-order valence-electron chi connectivity index (χ1n) is 7.17. The second kappa shape index (κ2) is 6.51. The summed E-state index contributed by atoms with van der Waals surface area (Å²) in [6.07, 6.45) is 1.31. The van der Waals surface area contributed by atoms with Gasteiger partial charge in [-0.2, -0.15) is 5.10 Å². The van der Waals surface area contributed by atoms with E-state index in [1.165, 1.54) is 0 Å². The molecule has 22 heavy (non-hydrogen) atoms. The number of amides is 1. The number of nitrogens with zero attached hydrogens (tertiary/aromatic N) is 1. The van der Waals surface area contributed by atoms with Gasteiger partial charge in [-0.15, -0.1) is 0 Å². The van der Waals surface area contributed by atoms with Crippen molar-refractivity contribution in [2.24, 2.45) is 0 Å². The molecule has 3 N–H and O–H groups in total. The summed E-state index contributed by atoms with van der Waals surface area (Å²) in [5.74, 6) is 0. The quantitative estimate of drug-likeness (QED) is 0.805. The van der Waals surface area contributed by atoms with Gasteiger partial charge in [-0.1, -0.05) is 12.1 Å². The molecule has 0 bridgehead atoms. The second-order valence-electron chi connectivity index (χ2n) is 6.05. The molecule has 6 nitrogen and oxygen atoms in total. The Morgan fingerprint density at radius 1 is 1.27 bits per heavy atom. The second-order valence-corrected chi connectivity index (χ2v) is 6.05. The summed E-state index contributed by atoms with van der Waals surface area (Å²) in [5.41, 5.74) is 3.07. The van der Waals surface area contributed by atoms with Crippen LogP contribution in [0.5, 0.6) is 0 Å². The number of hydrogen-bond acceptors (Lipinski definition) is 4. The summed E-state index contributed by atoms with van der Waals surface area (Å²) in [4.78, 5) is 11.9. The van der Waals surface area contributed by atoms with Crippen molar-refractivity contribution in [3.8, 4) is 0 Å². The maximum atomic E-state index is 11.9. The van der Waals surface area contributed by atoms with Crippen LogP contribution in [-0.2, 0) is 11.3 Å². The Morgan fingerprint density at radius 3 is 2.55 bits per heavy atom. The smallest absolute Gasteiger partial charge is 0.412 e. The number of carbonyl (C=O) groups excluding carboxylic acids is 1. The molecule has 0 saturated heterocycles. The van der Waals surface area contributed by atoms with Crippen LogP contribution in [0.1, 0.15) is 32.0 Å². The predicted molar refractivity (Wildman–Crippen MR) is 87.0 cm³/mol. The lowest BCUT2D eigenvalue weighted by molar-refractivity contribution is 0.0636. The number of aryl methyl sites for hydroxylation is 1. The Bertz CT molecular complexity index is 644. The Morgan fingerprint density at radius 2 is 1.95 bits per heavy atom. The molecule has 1 aromatic heterocycles. The number of aromatic amines is 1. The van der Waals surface area contributed by atoms with Crippen LogP contribution in [0.25, 0.3) is 0 Å². The molecule has 0 saturated carbocycles. The van der Waals surface area contributed by atoms with Gasteiger partial charge >= 0.3 is 6.09 Å². The van der Waals surface area contributed by atoms with E-state index in [-0.39, 0.29) is 0 Å². The van der Waals surface area contributed by atoms with Crippen molar-refractivity contribution in [1.29, 1.82) is 0 Å². The number of benzene rings is 1. The first-order chi connectivity index (χ1) is 10.3. The Balaban J connectivity index is 2.03. The number of aromatic nitrogens is 2. The SMILES string of the molecule is Cc1[nH]ncc1CNc1ccccc1NC(=O)OC(C)(C)C.